The number of halogens is 1. The average Bonchev–Trinajstić information content (AvgIpc) is 2.13. The quantitative estimate of drug-likeness (QED) is 0.533. The minimum Gasteiger partial charge on any atom is -0.314 e. The molecule has 0 radical (unpaired) electrons. The van der Waals surface area contributed by atoms with Crippen molar-refractivity contribution in [3.8, 4) is 12.3 Å². The number of alkyl halides is 1. The molecule has 0 aromatic heterocycles. The normalized spacial score (nSPS) is 8.69. The monoisotopic (exact) mass is 202 g/mol. The van der Waals surface area contributed by atoms with Gasteiger partial charge in [0.15, 0.2) is 0 Å². The van der Waals surface area contributed by atoms with E-state index in [-0.39, 0.29) is 12.4 Å². The zero-order valence-corrected chi connectivity index (χ0v) is 8.10. The van der Waals surface area contributed by atoms with Crippen molar-refractivity contribution in [2.24, 2.45) is 0 Å². The van der Waals surface area contributed by atoms with E-state index in [9.17, 15) is 9.59 Å². The van der Waals surface area contributed by atoms with E-state index in [1.54, 1.807) is 6.92 Å². The number of nitrogens with zero attached hydrogens (tertiary/aromatic N) is 1. The number of carbonyl (C=O) groups excluding carboxylic acids is 2. The molecule has 0 spiro atoms. The minimum atomic E-state index is -0.526. The summed E-state index contributed by atoms with van der Waals surface area (Å²) in [7, 11) is 0. The van der Waals surface area contributed by atoms with Gasteiger partial charge in [0.1, 0.15) is 5.88 Å². The molecule has 0 fully saturated rings. The maximum absolute atomic E-state index is 11.2. The number of hydrogen-bond donors (Lipinski definition) is 1. The lowest BCUT2D eigenvalue weighted by atomic mass is 10.5. The summed E-state index contributed by atoms with van der Waals surface area (Å²) in [6, 6.07) is -0.508. The molecule has 0 saturated heterocycles. The predicted octanol–water partition coefficient (Wildman–Crippen LogP) is 0.416. The second kappa shape index (κ2) is 6.32. The summed E-state index contributed by atoms with van der Waals surface area (Å²) in [5.74, 6) is 1.55. The van der Waals surface area contributed by atoms with Crippen molar-refractivity contribution in [3.05, 3.63) is 0 Å². The predicted molar refractivity (Wildman–Crippen MR) is 50.3 cm³/mol. The molecule has 4 nitrogen and oxygen atoms in total. The standard InChI is InChI=1S/C8H11ClN2O2/c1-3-5-11(4-2)8(13)10-7(12)6-9/h1H,4-6H2,2H3,(H,10,12,13). The van der Waals surface area contributed by atoms with E-state index in [0.29, 0.717) is 6.54 Å². The van der Waals surface area contributed by atoms with Gasteiger partial charge in [-0.15, -0.1) is 18.0 Å². The van der Waals surface area contributed by atoms with Gasteiger partial charge in [0.25, 0.3) is 0 Å². The summed E-state index contributed by atoms with van der Waals surface area (Å²) in [5.41, 5.74) is 0. The Labute approximate surface area is 82.2 Å². The Morgan fingerprint density at radius 3 is 2.62 bits per heavy atom. The van der Waals surface area contributed by atoms with Crippen molar-refractivity contribution < 1.29 is 9.59 Å². The maximum atomic E-state index is 11.2. The molecule has 0 aliphatic heterocycles. The highest BCUT2D eigenvalue weighted by Gasteiger charge is 2.12. The second-order valence-electron chi connectivity index (χ2n) is 2.21. The number of nitrogens with one attached hydrogen (secondary N) is 1. The van der Waals surface area contributed by atoms with Gasteiger partial charge in [0.05, 0.1) is 6.54 Å². The first-order valence-electron chi connectivity index (χ1n) is 3.73. The minimum absolute atomic E-state index is 0.178. The van der Waals surface area contributed by atoms with Crippen LogP contribution in [0.3, 0.4) is 0 Å². The first-order chi connectivity index (χ1) is 6.15. The van der Waals surface area contributed by atoms with Crippen molar-refractivity contribution in [1.29, 1.82) is 0 Å². The van der Waals surface area contributed by atoms with Gasteiger partial charge in [-0.3, -0.25) is 10.1 Å². The SMILES string of the molecule is C#CCN(CC)C(=O)NC(=O)CCl. The first kappa shape index (κ1) is 11.8. The zero-order chi connectivity index (χ0) is 10.3. The van der Waals surface area contributed by atoms with E-state index in [2.05, 4.69) is 11.2 Å². The fraction of sp³-hybridized carbons (Fsp3) is 0.500. The van der Waals surface area contributed by atoms with Gasteiger partial charge in [-0.1, -0.05) is 5.92 Å². The van der Waals surface area contributed by atoms with Crippen LogP contribution in [0.1, 0.15) is 6.92 Å². The topological polar surface area (TPSA) is 49.4 Å². The van der Waals surface area contributed by atoms with E-state index in [1.165, 1.54) is 4.90 Å². The number of imide groups is 1. The molecule has 13 heavy (non-hydrogen) atoms. The first-order valence-corrected chi connectivity index (χ1v) is 4.27. The van der Waals surface area contributed by atoms with E-state index in [1.807, 2.05) is 0 Å². The Bertz CT molecular complexity index is 235. The molecule has 0 aromatic carbocycles. The van der Waals surface area contributed by atoms with Crippen molar-refractivity contribution in [2.75, 3.05) is 19.0 Å². The molecule has 3 amide bonds. The molecule has 0 atom stereocenters. The van der Waals surface area contributed by atoms with Crippen LogP contribution < -0.4 is 5.32 Å². The fourth-order valence-electron chi connectivity index (χ4n) is 0.669. The Balaban J connectivity index is 4.07. The molecular weight excluding hydrogens is 192 g/mol. The fourth-order valence-corrected chi connectivity index (χ4v) is 0.736. The summed E-state index contributed by atoms with van der Waals surface area (Å²) in [5, 5.41) is 2.09. The number of terminal acetylenes is 1. The van der Waals surface area contributed by atoms with Crippen molar-refractivity contribution >= 4 is 23.5 Å². The number of amides is 3. The van der Waals surface area contributed by atoms with Crippen LogP contribution in [-0.2, 0) is 4.79 Å². The average molecular weight is 203 g/mol. The lowest BCUT2D eigenvalue weighted by molar-refractivity contribution is -0.117. The van der Waals surface area contributed by atoms with Gasteiger partial charge < -0.3 is 4.90 Å². The van der Waals surface area contributed by atoms with Crippen LogP contribution >= 0.6 is 11.6 Å². The number of carbonyl (C=O) groups is 2. The second-order valence-corrected chi connectivity index (χ2v) is 2.47. The van der Waals surface area contributed by atoms with Crippen LogP contribution in [0, 0.1) is 12.3 Å². The van der Waals surface area contributed by atoms with Crippen molar-refractivity contribution in [3.63, 3.8) is 0 Å². The third-order valence-electron chi connectivity index (χ3n) is 1.32. The highest BCUT2D eigenvalue weighted by Crippen LogP contribution is 1.88. The van der Waals surface area contributed by atoms with Crippen LogP contribution in [0.4, 0.5) is 4.79 Å². The lowest BCUT2D eigenvalue weighted by Gasteiger charge is -2.17. The largest absolute Gasteiger partial charge is 0.324 e. The number of urea groups is 1. The van der Waals surface area contributed by atoms with Gasteiger partial charge in [0.2, 0.25) is 5.91 Å². The summed E-state index contributed by atoms with van der Waals surface area (Å²) < 4.78 is 0. The van der Waals surface area contributed by atoms with E-state index < -0.39 is 11.9 Å². The Morgan fingerprint density at radius 1 is 1.62 bits per heavy atom. The van der Waals surface area contributed by atoms with Crippen molar-refractivity contribution in [1.82, 2.24) is 10.2 Å². The number of hydrogen-bond acceptors (Lipinski definition) is 2. The highest BCUT2D eigenvalue weighted by atomic mass is 35.5. The summed E-state index contributed by atoms with van der Waals surface area (Å²) in [4.78, 5) is 23.2. The lowest BCUT2D eigenvalue weighted by Crippen LogP contribution is -2.43. The smallest absolute Gasteiger partial charge is 0.314 e. The van der Waals surface area contributed by atoms with Gasteiger partial charge in [-0.25, -0.2) is 4.79 Å². The van der Waals surface area contributed by atoms with Gasteiger partial charge in [-0.05, 0) is 6.92 Å². The van der Waals surface area contributed by atoms with Crippen molar-refractivity contribution in [2.45, 2.75) is 6.92 Å². The molecule has 72 valence electrons. The molecule has 1 N–H and O–H groups in total. The van der Waals surface area contributed by atoms with E-state index >= 15 is 0 Å². The zero-order valence-electron chi connectivity index (χ0n) is 7.34. The molecular formula is C8H11ClN2O2. The maximum Gasteiger partial charge on any atom is 0.324 e. The van der Waals surface area contributed by atoms with Crippen LogP contribution in [0.15, 0.2) is 0 Å². The van der Waals surface area contributed by atoms with E-state index in [4.69, 9.17) is 18.0 Å². The van der Waals surface area contributed by atoms with Crippen LogP contribution in [0.25, 0.3) is 0 Å². The molecule has 0 bridgehead atoms. The number of rotatable bonds is 3. The molecule has 0 rings (SSSR count). The molecule has 5 heteroatoms. The molecule has 0 heterocycles. The summed E-state index contributed by atoms with van der Waals surface area (Å²) in [6.07, 6.45) is 5.02. The van der Waals surface area contributed by atoms with Gasteiger partial charge >= 0.3 is 6.03 Å². The third kappa shape index (κ3) is 4.38. The summed E-state index contributed by atoms with van der Waals surface area (Å²) >= 11 is 5.20. The highest BCUT2D eigenvalue weighted by molar-refractivity contribution is 6.28. The van der Waals surface area contributed by atoms with Gasteiger partial charge in [-0.2, -0.15) is 0 Å². The Kier molecular flexibility index (Phi) is 5.73. The van der Waals surface area contributed by atoms with Gasteiger partial charge in [0, 0.05) is 6.54 Å². The molecule has 0 unspecified atom stereocenters. The molecule has 0 aromatic rings. The third-order valence-corrected chi connectivity index (χ3v) is 1.56. The molecule has 0 saturated carbocycles. The Hall–Kier alpha value is -1.21. The van der Waals surface area contributed by atoms with Crippen LogP contribution in [0.2, 0.25) is 0 Å². The molecule has 0 aliphatic carbocycles. The van der Waals surface area contributed by atoms with E-state index in [0.717, 1.165) is 0 Å². The Morgan fingerprint density at radius 2 is 2.23 bits per heavy atom. The van der Waals surface area contributed by atoms with Crippen LogP contribution in [-0.4, -0.2) is 35.8 Å². The van der Waals surface area contributed by atoms with Crippen LogP contribution in [0.5, 0.6) is 0 Å². The summed E-state index contributed by atoms with van der Waals surface area (Å²) in [6.45, 7) is 2.39. The molecule has 0 aliphatic rings.